The Labute approximate surface area is 215 Å². The lowest BCUT2D eigenvalue weighted by Gasteiger charge is -2.45. The number of carboxylic acids is 2. The van der Waals surface area contributed by atoms with Crippen molar-refractivity contribution in [3.05, 3.63) is 11.1 Å². The van der Waals surface area contributed by atoms with Gasteiger partial charge in [-0.05, 0) is 5.92 Å². The molecule has 0 aromatic carbocycles. The highest BCUT2D eigenvalue weighted by atomic mass is 19.4. The van der Waals surface area contributed by atoms with Crippen LogP contribution in [0.4, 0.5) is 92.2 Å². The van der Waals surface area contributed by atoms with Crippen molar-refractivity contribution in [3.8, 4) is 0 Å². The van der Waals surface area contributed by atoms with E-state index in [4.69, 9.17) is 10.2 Å². The molecule has 0 heterocycles. The van der Waals surface area contributed by atoms with E-state index < -0.39 is 88.5 Å². The van der Waals surface area contributed by atoms with Crippen molar-refractivity contribution in [3.63, 3.8) is 0 Å². The van der Waals surface area contributed by atoms with Crippen LogP contribution in [0, 0.1) is 5.92 Å². The van der Waals surface area contributed by atoms with Crippen LogP contribution in [-0.4, -0.2) is 81.6 Å². The molecule has 0 saturated carbocycles. The zero-order valence-electron chi connectivity index (χ0n) is 19.2. The van der Waals surface area contributed by atoms with Gasteiger partial charge in [-0.15, -0.1) is 0 Å². The first-order chi connectivity index (χ1) is 17.8. The van der Waals surface area contributed by atoms with E-state index >= 15 is 4.39 Å². The van der Waals surface area contributed by atoms with Gasteiger partial charge in [0.15, 0.2) is 0 Å². The van der Waals surface area contributed by atoms with Gasteiger partial charge in [-0.2, -0.15) is 87.8 Å². The van der Waals surface area contributed by atoms with Crippen LogP contribution in [0.25, 0.3) is 0 Å². The maximum atomic E-state index is 15.0. The van der Waals surface area contributed by atoms with Gasteiger partial charge < -0.3 is 10.2 Å². The Hall–Kier alpha value is -2.79. The summed E-state index contributed by atoms with van der Waals surface area (Å²) in [4.78, 5) is 22.3. The Morgan fingerprint density at radius 3 is 0.881 bits per heavy atom. The molecule has 0 radical (unpaired) electrons. The monoisotopic (exact) mass is 676 g/mol. The number of rotatable bonds is 11. The third kappa shape index (κ3) is 4.86. The van der Waals surface area contributed by atoms with Crippen molar-refractivity contribution in [2.24, 2.45) is 5.92 Å². The standard InChI is InChI=1S/C17H9F21O4/c1-3(2)4(6(39)40)5(7(41)42)8(18,16(33,34)35)9(19,20)10(21,22)11(23,24)12(25,26)13(27,28)14(29,30)15(31,32)17(36,37)38/h3H,1-2H3,(H,39,40)(H,41,42)/b5-4-. The fourth-order valence-corrected chi connectivity index (χ4v) is 2.95. The molecule has 0 rings (SSSR count). The minimum Gasteiger partial charge on any atom is -0.478 e. The van der Waals surface area contributed by atoms with E-state index in [9.17, 15) is 97.4 Å². The van der Waals surface area contributed by atoms with Crippen molar-refractivity contribution < 1.29 is 112 Å². The molecule has 1 unspecified atom stereocenters. The molecule has 0 fully saturated rings. The van der Waals surface area contributed by atoms with Crippen molar-refractivity contribution in [1.82, 2.24) is 0 Å². The molecular weight excluding hydrogens is 667 g/mol. The number of carbonyl (C=O) groups is 2. The van der Waals surface area contributed by atoms with Gasteiger partial charge in [0.25, 0.3) is 0 Å². The summed E-state index contributed by atoms with van der Waals surface area (Å²) in [5, 5.41) is 17.5. The van der Waals surface area contributed by atoms with Crippen molar-refractivity contribution in [1.29, 1.82) is 0 Å². The number of hydrogen-bond acceptors (Lipinski definition) is 2. The molecule has 0 saturated heterocycles. The molecule has 0 aliphatic rings. The Bertz CT molecular complexity index is 1100. The Morgan fingerprint density at radius 2 is 0.690 bits per heavy atom. The van der Waals surface area contributed by atoms with E-state index in [-0.39, 0.29) is 13.8 Å². The number of hydrogen-bond donors (Lipinski definition) is 2. The third-order valence-corrected chi connectivity index (χ3v) is 5.18. The van der Waals surface area contributed by atoms with Gasteiger partial charge in [0.2, 0.25) is 0 Å². The molecule has 42 heavy (non-hydrogen) atoms. The van der Waals surface area contributed by atoms with Gasteiger partial charge in [-0.25, -0.2) is 14.0 Å². The van der Waals surface area contributed by atoms with Crippen LogP contribution < -0.4 is 0 Å². The number of aliphatic carboxylic acids is 2. The van der Waals surface area contributed by atoms with Gasteiger partial charge >= 0.3 is 71.4 Å². The first-order valence-corrected chi connectivity index (χ1v) is 9.52. The average Bonchev–Trinajstić information content (AvgIpc) is 2.73. The summed E-state index contributed by atoms with van der Waals surface area (Å²) in [5.74, 6) is -73.7. The van der Waals surface area contributed by atoms with Crippen LogP contribution >= 0.6 is 0 Å². The summed E-state index contributed by atoms with van der Waals surface area (Å²) in [6.45, 7) is 0.400. The van der Waals surface area contributed by atoms with Gasteiger partial charge in [0.05, 0.1) is 5.57 Å². The predicted molar refractivity (Wildman–Crippen MR) is 87.7 cm³/mol. The molecule has 0 aromatic heterocycles. The van der Waals surface area contributed by atoms with Gasteiger partial charge in [0.1, 0.15) is 5.57 Å². The molecule has 0 aliphatic heterocycles. The highest BCUT2D eigenvalue weighted by Gasteiger charge is 2.98. The molecule has 4 nitrogen and oxygen atoms in total. The number of carboxylic acid groups (broad SMARTS) is 2. The largest absolute Gasteiger partial charge is 0.478 e. The van der Waals surface area contributed by atoms with Crippen molar-refractivity contribution in [2.45, 2.75) is 73.3 Å². The van der Waals surface area contributed by atoms with E-state index in [1.165, 1.54) is 0 Å². The summed E-state index contributed by atoms with van der Waals surface area (Å²) < 4.78 is 283. The van der Waals surface area contributed by atoms with Crippen LogP contribution in [0.1, 0.15) is 13.8 Å². The summed E-state index contributed by atoms with van der Waals surface area (Å²) in [7, 11) is 0. The van der Waals surface area contributed by atoms with Gasteiger partial charge in [0, 0.05) is 0 Å². The van der Waals surface area contributed by atoms with Gasteiger partial charge in [-0.1, -0.05) is 13.8 Å². The minimum absolute atomic E-state index is 0.200. The van der Waals surface area contributed by atoms with E-state index in [0.717, 1.165) is 0 Å². The third-order valence-electron chi connectivity index (χ3n) is 5.18. The molecule has 0 spiro atoms. The van der Waals surface area contributed by atoms with E-state index in [1.807, 2.05) is 0 Å². The summed E-state index contributed by atoms with van der Waals surface area (Å²) in [5.41, 5.74) is -15.2. The SMILES string of the molecule is CC(C)/C(C(=O)O)=C(\C(=O)O)C(F)(C(F)(F)F)C(F)(F)C(F)(F)C(F)(F)C(F)(F)C(F)(F)C(F)(F)C(F)(F)C(F)(F)F. The lowest BCUT2D eigenvalue weighted by Crippen LogP contribution is -2.77. The van der Waals surface area contributed by atoms with E-state index in [0.29, 0.717) is 0 Å². The van der Waals surface area contributed by atoms with Crippen LogP contribution in [-0.2, 0) is 9.59 Å². The normalized spacial score (nSPS) is 17.6. The van der Waals surface area contributed by atoms with Gasteiger partial charge in [-0.3, -0.25) is 0 Å². The van der Waals surface area contributed by atoms with Crippen LogP contribution in [0.3, 0.4) is 0 Å². The second-order valence-corrected chi connectivity index (χ2v) is 8.23. The minimum atomic E-state index is -9.43. The molecule has 0 aromatic rings. The maximum absolute atomic E-state index is 15.0. The quantitative estimate of drug-likeness (QED) is 0.177. The molecular formula is C17H9F21O4. The molecule has 25 heteroatoms. The number of halogens is 21. The average molecular weight is 676 g/mol. The molecule has 1 atom stereocenters. The van der Waals surface area contributed by atoms with E-state index in [2.05, 4.69) is 0 Å². The molecule has 2 N–H and O–H groups in total. The zero-order valence-corrected chi connectivity index (χ0v) is 19.2. The van der Waals surface area contributed by atoms with E-state index in [1.54, 1.807) is 0 Å². The smallest absolute Gasteiger partial charge is 0.460 e. The fraction of sp³-hybridized carbons (Fsp3) is 0.765. The highest BCUT2D eigenvalue weighted by molar-refractivity contribution is 6.01. The lowest BCUT2D eigenvalue weighted by atomic mass is 9.76. The fourth-order valence-electron chi connectivity index (χ4n) is 2.95. The zero-order chi connectivity index (χ0) is 34.9. The highest BCUT2D eigenvalue weighted by Crippen LogP contribution is 2.67. The first kappa shape index (κ1) is 39.2. The number of alkyl halides is 21. The summed E-state index contributed by atoms with van der Waals surface area (Å²) in [6.07, 6.45) is -16.3. The molecule has 0 bridgehead atoms. The molecule has 0 amide bonds. The summed E-state index contributed by atoms with van der Waals surface area (Å²) in [6, 6.07) is 0. The Morgan fingerprint density at radius 1 is 0.429 bits per heavy atom. The summed E-state index contributed by atoms with van der Waals surface area (Å²) >= 11 is 0. The second kappa shape index (κ2) is 10.1. The van der Waals surface area contributed by atoms with Crippen LogP contribution in [0.5, 0.6) is 0 Å². The first-order valence-electron chi connectivity index (χ1n) is 9.52. The van der Waals surface area contributed by atoms with Crippen molar-refractivity contribution in [2.75, 3.05) is 0 Å². The Balaban J connectivity index is 8.03. The maximum Gasteiger partial charge on any atom is 0.460 e. The second-order valence-electron chi connectivity index (χ2n) is 8.23. The topological polar surface area (TPSA) is 74.6 Å². The predicted octanol–water partition coefficient (Wildman–Crippen LogP) is 7.39. The molecule has 248 valence electrons. The van der Waals surface area contributed by atoms with Crippen LogP contribution in [0.2, 0.25) is 0 Å². The van der Waals surface area contributed by atoms with Crippen molar-refractivity contribution >= 4 is 11.9 Å². The lowest BCUT2D eigenvalue weighted by molar-refractivity contribution is -0.469. The Kier molecular flexibility index (Phi) is 9.47. The van der Waals surface area contributed by atoms with Crippen LogP contribution in [0.15, 0.2) is 11.1 Å². The molecule has 0 aliphatic carbocycles.